The van der Waals surface area contributed by atoms with Crippen LogP contribution in [-0.2, 0) is 19.5 Å². The van der Waals surface area contributed by atoms with Crippen LogP contribution in [-0.4, -0.2) is 22.9 Å². The highest BCUT2D eigenvalue weighted by Gasteiger charge is 2.16. The molecule has 0 fully saturated rings. The van der Waals surface area contributed by atoms with Crippen LogP contribution in [0.4, 0.5) is 5.00 Å². The van der Waals surface area contributed by atoms with Crippen LogP contribution >= 0.6 is 11.5 Å². The number of rotatable bonds is 3. The Labute approximate surface area is 112 Å². The average molecular weight is 259 g/mol. The Bertz CT molecular complexity index is 535. The van der Waals surface area contributed by atoms with Crippen LogP contribution in [0.1, 0.15) is 16.8 Å². The zero-order valence-corrected chi connectivity index (χ0v) is 11.3. The van der Waals surface area contributed by atoms with E-state index in [-0.39, 0.29) is 0 Å². The molecule has 0 saturated carbocycles. The molecule has 2 aromatic rings. The molecule has 94 valence electrons. The molecular weight excluding hydrogens is 242 g/mol. The normalized spacial score (nSPS) is 15.4. The van der Waals surface area contributed by atoms with Gasteiger partial charge in [0.25, 0.3) is 0 Å². The monoisotopic (exact) mass is 259 g/mol. The maximum Gasteiger partial charge on any atom is 0.109 e. The van der Waals surface area contributed by atoms with Gasteiger partial charge in [0.2, 0.25) is 0 Å². The van der Waals surface area contributed by atoms with Crippen molar-refractivity contribution >= 4 is 16.5 Å². The second kappa shape index (κ2) is 5.08. The van der Waals surface area contributed by atoms with Gasteiger partial charge in [-0.05, 0) is 35.1 Å². The second-order valence-electron chi connectivity index (χ2n) is 4.66. The summed E-state index contributed by atoms with van der Waals surface area (Å²) in [5.41, 5.74) is 4.14. The fourth-order valence-corrected chi connectivity index (χ4v) is 3.03. The Morgan fingerprint density at radius 3 is 2.94 bits per heavy atom. The number of anilines is 1. The van der Waals surface area contributed by atoms with Crippen LogP contribution < -0.4 is 5.32 Å². The van der Waals surface area contributed by atoms with Crippen molar-refractivity contribution in [3.63, 3.8) is 0 Å². The van der Waals surface area contributed by atoms with Crippen LogP contribution in [0.2, 0.25) is 0 Å². The van der Waals surface area contributed by atoms with Gasteiger partial charge in [-0.3, -0.25) is 4.90 Å². The van der Waals surface area contributed by atoms with E-state index in [1.54, 1.807) is 0 Å². The predicted molar refractivity (Wildman–Crippen MR) is 75.9 cm³/mol. The quantitative estimate of drug-likeness (QED) is 0.918. The first kappa shape index (κ1) is 11.7. The Kier molecular flexibility index (Phi) is 3.30. The molecule has 3 nitrogen and oxygen atoms in total. The standard InChI is InChI=1S/C14H17N3S/c1-15-14-8-13(16-18-14)10-17-7-6-11-4-2-3-5-12(11)9-17/h2-5,8,15H,6-7,9-10H2,1H3. The van der Waals surface area contributed by atoms with E-state index in [0.29, 0.717) is 0 Å². The van der Waals surface area contributed by atoms with Gasteiger partial charge in [0.1, 0.15) is 5.00 Å². The Balaban J connectivity index is 1.69. The predicted octanol–water partition coefficient (Wildman–Crippen LogP) is 2.74. The molecule has 0 bridgehead atoms. The van der Waals surface area contributed by atoms with E-state index in [2.05, 4.69) is 44.9 Å². The lowest BCUT2D eigenvalue weighted by atomic mass is 10.00. The molecule has 4 heteroatoms. The number of hydrogen-bond donors (Lipinski definition) is 1. The van der Waals surface area contributed by atoms with E-state index in [0.717, 1.165) is 31.1 Å². The van der Waals surface area contributed by atoms with Crippen LogP contribution in [0.25, 0.3) is 0 Å². The molecule has 0 spiro atoms. The molecular formula is C14H17N3S. The molecule has 3 rings (SSSR count). The first-order chi connectivity index (χ1) is 8.85. The van der Waals surface area contributed by atoms with E-state index < -0.39 is 0 Å². The van der Waals surface area contributed by atoms with E-state index in [9.17, 15) is 0 Å². The molecule has 1 aromatic heterocycles. The molecule has 1 N–H and O–H groups in total. The maximum atomic E-state index is 4.47. The number of benzene rings is 1. The van der Waals surface area contributed by atoms with Crippen molar-refractivity contribution in [2.24, 2.45) is 0 Å². The van der Waals surface area contributed by atoms with Gasteiger partial charge in [-0.2, -0.15) is 4.37 Å². The average Bonchev–Trinajstić information content (AvgIpc) is 2.86. The lowest BCUT2D eigenvalue weighted by molar-refractivity contribution is 0.243. The molecule has 0 amide bonds. The Hall–Kier alpha value is -1.39. The van der Waals surface area contributed by atoms with Crippen molar-refractivity contribution < 1.29 is 0 Å². The van der Waals surface area contributed by atoms with Gasteiger partial charge in [-0.15, -0.1) is 0 Å². The first-order valence-electron chi connectivity index (χ1n) is 6.27. The van der Waals surface area contributed by atoms with Gasteiger partial charge < -0.3 is 5.32 Å². The first-order valence-corrected chi connectivity index (χ1v) is 7.05. The minimum atomic E-state index is 0.951. The molecule has 0 saturated heterocycles. The zero-order chi connectivity index (χ0) is 12.4. The minimum absolute atomic E-state index is 0.951. The molecule has 0 radical (unpaired) electrons. The molecule has 0 aliphatic carbocycles. The van der Waals surface area contributed by atoms with Crippen LogP contribution in [0, 0.1) is 0 Å². The minimum Gasteiger partial charge on any atom is -0.379 e. The SMILES string of the molecule is CNc1cc(CN2CCc3ccccc3C2)ns1. The summed E-state index contributed by atoms with van der Waals surface area (Å²) in [6.07, 6.45) is 1.15. The second-order valence-corrected chi connectivity index (χ2v) is 5.47. The summed E-state index contributed by atoms with van der Waals surface area (Å²) in [7, 11) is 1.94. The third-order valence-electron chi connectivity index (χ3n) is 3.40. The molecule has 2 heterocycles. The van der Waals surface area contributed by atoms with Crippen LogP contribution in [0.15, 0.2) is 30.3 Å². The number of nitrogens with zero attached hydrogens (tertiary/aromatic N) is 2. The highest BCUT2D eigenvalue weighted by atomic mass is 32.1. The molecule has 1 aliphatic rings. The van der Waals surface area contributed by atoms with E-state index in [1.165, 1.54) is 28.4 Å². The van der Waals surface area contributed by atoms with Crippen molar-refractivity contribution in [3.05, 3.63) is 47.2 Å². The summed E-state index contributed by atoms with van der Waals surface area (Å²) in [6, 6.07) is 10.9. The van der Waals surface area contributed by atoms with Gasteiger partial charge in [0.05, 0.1) is 5.69 Å². The van der Waals surface area contributed by atoms with Crippen LogP contribution in [0.5, 0.6) is 0 Å². The van der Waals surface area contributed by atoms with Gasteiger partial charge in [0, 0.05) is 26.7 Å². The number of hydrogen-bond acceptors (Lipinski definition) is 4. The lowest BCUT2D eigenvalue weighted by Gasteiger charge is -2.27. The summed E-state index contributed by atoms with van der Waals surface area (Å²) in [6.45, 7) is 3.12. The molecule has 0 unspecified atom stereocenters. The Morgan fingerprint density at radius 1 is 1.33 bits per heavy atom. The number of fused-ring (bicyclic) bond motifs is 1. The molecule has 1 aliphatic heterocycles. The summed E-state index contributed by atoms with van der Waals surface area (Å²) in [4.78, 5) is 2.47. The van der Waals surface area contributed by atoms with Gasteiger partial charge in [0.15, 0.2) is 0 Å². The smallest absolute Gasteiger partial charge is 0.109 e. The van der Waals surface area contributed by atoms with Gasteiger partial charge in [-0.25, -0.2) is 0 Å². The van der Waals surface area contributed by atoms with E-state index in [1.807, 2.05) is 7.05 Å². The summed E-state index contributed by atoms with van der Waals surface area (Å²) >= 11 is 1.54. The fourth-order valence-electron chi connectivity index (χ4n) is 2.42. The van der Waals surface area contributed by atoms with Crippen LogP contribution in [0.3, 0.4) is 0 Å². The highest BCUT2D eigenvalue weighted by Crippen LogP contribution is 2.22. The van der Waals surface area contributed by atoms with E-state index >= 15 is 0 Å². The Morgan fingerprint density at radius 2 is 2.17 bits per heavy atom. The summed E-state index contributed by atoms with van der Waals surface area (Å²) < 4.78 is 4.47. The highest BCUT2D eigenvalue weighted by molar-refractivity contribution is 7.10. The number of nitrogens with one attached hydrogen (secondary N) is 1. The van der Waals surface area contributed by atoms with Crippen molar-refractivity contribution in [1.82, 2.24) is 9.27 Å². The molecule has 0 atom stereocenters. The van der Waals surface area contributed by atoms with Crippen molar-refractivity contribution in [3.8, 4) is 0 Å². The topological polar surface area (TPSA) is 28.2 Å². The van der Waals surface area contributed by atoms with Gasteiger partial charge >= 0.3 is 0 Å². The maximum absolute atomic E-state index is 4.47. The van der Waals surface area contributed by atoms with Crippen molar-refractivity contribution in [1.29, 1.82) is 0 Å². The molecule has 18 heavy (non-hydrogen) atoms. The zero-order valence-electron chi connectivity index (χ0n) is 10.5. The van der Waals surface area contributed by atoms with E-state index in [4.69, 9.17) is 0 Å². The lowest BCUT2D eigenvalue weighted by Crippen LogP contribution is -2.30. The van der Waals surface area contributed by atoms with Crippen molar-refractivity contribution in [2.75, 3.05) is 18.9 Å². The summed E-state index contributed by atoms with van der Waals surface area (Å²) in [5, 5.41) is 4.28. The number of aromatic nitrogens is 1. The largest absolute Gasteiger partial charge is 0.379 e. The molecule has 1 aromatic carbocycles. The summed E-state index contributed by atoms with van der Waals surface area (Å²) in [5.74, 6) is 0. The third-order valence-corrected chi connectivity index (χ3v) is 4.25. The fraction of sp³-hybridized carbons (Fsp3) is 0.357. The third kappa shape index (κ3) is 2.40. The van der Waals surface area contributed by atoms with Gasteiger partial charge in [-0.1, -0.05) is 24.3 Å². The van der Waals surface area contributed by atoms with Crippen molar-refractivity contribution in [2.45, 2.75) is 19.5 Å².